The summed E-state index contributed by atoms with van der Waals surface area (Å²) in [7, 11) is 0. The molecule has 0 aliphatic carbocycles. The summed E-state index contributed by atoms with van der Waals surface area (Å²) in [6.07, 6.45) is 1.63. The van der Waals surface area contributed by atoms with E-state index in [4.69, 9.17) is 4.74 Å². The number of alkyl carbamates (subject to hydrolysis) is 1. The molecular weight excluding hydrogens is 627 g/mol. The predicted molar refractivity (Wildman–Crippen MR) is 201 cm³/mol. The summed E-state index contributed by atoms with van der Waals surface area (Å²) in [5.74, 6) is 0.786. The van der Waals surface area contributed by atoms with Crippen LogP contribution in [-0.4, -0.2) is 71.5 Å². The standard InChI is InChI=1S/C42H51N3O3S/c1-5-6-28-45(29-27-44(39(46)32-45)30-34-19-11-7-12-20-34)31-38(43-40(47)48-41(2,3)4)33-49-42(35-21-13-8-14-22-35,36-23-15-9-16-24-36)37-25-17-10-18-26-37/h7-26,38H,5-6,27-33H2,1-4H3/p+1/t38-,45?/m1/s1. The molecule has 0 bridgehead atoms. The van der Waals surface area contributed by atoms with E-state index in [9.17, 15) is 9.59 Å². The van der Waals surface area contributed by atoms with E-state index in [0.29, 0.717) is 36.4 Å². The van der Waals surface area contributed by atoms with Crippen molar-refractivity contribution in [2.75, 3.05) is 38.5 Å². The highest BCUT2D eigenvalue weighted by molar-refractivity contribution is 8.00. The number of carbonyl (C=O) groups is 2. The summed E-state index contributed by atoms with van der Waals surface area (Å²) >= 11 is 1.83. The zero-order valence-electron chi connectivity index (χ0n) is 29.5. The van der Waals surface area contributed by atoms with Crippen LogP contribution < -0.4 is 5.32 Å². The van der Waals surface area contributed by atoms with Crippen LogP contribution in [0.3, 0.4) is 0 Å². The third kappa shape index (κ3) is 9.55. The molecule has 0 saturated carbocycles. The van der Waals surface area contributed by atoms with Gasteiger partial charge in [-0.05, 0) is 49.4 Å². The van der Waals surface area contributed by atoms with Crippen molar-refractivity contribution in [2.45, 2.75) is 63.5 Å². The van der Waals surface area contributed by atoms with E-state index in [0.717, 1.165) is 31.5 Å². The van der Waals surface area contributed by atoms with E-state index in [-0.39, 0.29) is 11.9 Å². The Kier molecular flexibility index (Phi) is 12.2. The Morgan fingerprint density at radius 2 is 1.35 bits per heavy atom. The number of rotatable bonds is 14. The van der Waals surface area contributed by atoms with Crippen molar-refractivity contribution in [3.63, 3.8) is 0 Å². The Hall–Kier alpha value is -4.07. The second kappa shape index (κ2) is 16.6. The van der Waals surface area contributed by atoms with Gasteiger partial charge in [0, 0.05) is 12.3 Å². The molecule has 2 amide bonds. The summed E-state index contributed by atoms with van der Waals surface area (Å²) < 4.78 is 5.94. The molecule has 5 rings (SSSR count). The fourth-order valence-corrected chi connectivity index (χ4v) is 8.45. The Morgan fingerprint density at radius 1 is 0.837 bits per heavy atom. The van der Waals surface area contributed by atoms with Crippen LogP contribution >= 0.6 is 11.8 Å². The fourth-order valence-electron chi connectivity index (χ4n) is 6.90. The van der Waals surface area contributed by atoms with Crippen LogP contribution in [0.15, 0.2) is 121 Å². The Morgan fingerprint density at radius 3 is 1.82 bits per heavy atom. The number of hydrogen-bond acceptors (Lipinski definition) is 4. The minimum atomic E-state index is -0.628. The number of hydrogen-bond donors (Lipinski definition) is 1. The van der Waals surface area contributed by atoms with Gasteiger partial charge in [0.15, 0.2) is 6.54 Å². The van der Waals surface area contributed by atoms with Gasteiger partial charge in [0.05, 0.1) is 30.4 Å². The first-order valence-corrected chi connectivity index (χ1v) is 18.6. The van der Waals surface area contributed by atoms with Crippen LogP contribution in [0.1, 0.15) is 62.8 Å². The van der Waals surface area contributed by atoms with Gasteiger partial charge in [-0.3, -0.25) is 4.79 Å². The monoisotopic (exact) mass is 678 g/mol. The first kappa shape index (κ1) is 36.2. The molecule has 4 aromatic rings. The summed E-state index contributed by atoms with van der Waals surface area (Å²) in [4.78, 5) is 29.3. The molecule has 49 heavy (non-hydrogen) atoms. The van der Waals surface area contributed by atoms with E-state index in [1.54, 1.807) is 0 Å². The molecule has 1 aliphatic rings. The van der Waals surface area contributed by atoms with Crippen LogP contribution in [0.4, 0.5) is 4.79 Å². The second-order valence-electron chi connectivity index (χ2n) is 14.2. The molecule has 7 heteroatoms. The van der Waals surface area contributed by atoms with Crippen molar-refractivity contribution in [3.8, 4) is 0 Å². The first-order chi connectivity index (χ1) is 23.6. The average Bonchev–Trinajstić information content (AvgIpc) is 3.10. The number of ether oxygens (including phenoxy) is 1. The molecule has 1 fully saturated rings. The van der Waals surface area contributed by atoms with Gasteiger partial charge >= 0.3 is 6.09 Å². The van der Waals surface area contributed by atoms with E-state index >= 15 is 0 Å². The molecule has 258 valence electrons. The summed E-state index contributed by atoms with van der Waals surface area (Å²) in [6, 6.07) is 41.9. The minimum Gasteiger partial charge on any atom is -0.444 e. The van der Waals surface area contributed by atoms with E-state index < -0.39 is 16.4 Å². The molecule has 0 radical (unpaired) electrons. The molecular formula is C42H52N3O3S+. The SMILES string of the molecule is CCCC[N+]1(C[C@H](CSC(c2ccccc2)(c2ccccc2)c2ccccc2)NC(=O)OC(C)(C)C)CCN(Cc2ccccc2)C(=O)C1. The third-order valence-corrected chi connectivity index (χ3v) is 10.9. The molecule has 4 aromatic carbocycles. The normalized spacial score (nSPS) is 17.4. The van der Waals surface area contributed by atoms with Gasteiger partial charge in [0.25, 0.3) is 5.91 Å². The minimum absolute atomic E-state index is 0.169. The van der Waals surface area contributed by atoms with Crippen molar-refractivity contribution in [2.24, 2.45) is 0 Å². The van der Waals surface area contributed by atoms with Gasteiger partial charge < -0.3 is 19.4 Å². The molecule has 0 aromatic heterocycles. The highest BCUT2D eigenvalue weighted by atomic mass is 32.2. The third-order valence-electron chi connectivity index (χ3n) is 9.24. The van der Waals surface area contributed by atoms with Gasteiger partial charge in [0.1, 0.15) is 12.1 Å². The van der Waals surface area contributed by atoms with Crippen LogP contribution in [0.25, 0.3) is 0 Å². The number of unbranched alkanes of at least 4 members (excludes halogenated alkanes) is 1. The zero-order valence-corrected chi connectivity index (χ0v) is 30.3. The molecule has 1 saturated heterocycles. The number of nitrogens with zero attached hydrogens (tertiary/aromatic N) is 2. The Labute approximate surface area is 297 Å². The molecule has 1 heterocycles. The van der Waals surface area contributed by atoms with E-state index in [2.05, 4.69) is 115 Å². The lowest BCUT2D eigenvalue weighted by Crippen LogP contribution is -2.66. The van der Waals surface area contributed by atoms with Crippen molar-refractivity contribution in [1.82, 2.24) is 10.2 Å². The highest BCUT2D eigenvalue weighted by Crippen LogP contribution is 2.48. The van der Waals surface area contributed by atoms with Crippen LogP contribution in [0.5, 0.6) is 0 Å². The smallest absolute Gasteiger partial charge is 0.408 e. The molecule has 1 N–H and O–H groups in total. The summed E-state index contributed by atoms with van der Waals surface area (Å²) in [6.45, 7) is 12.0. The van der Waals surface area contributed by atoms with Crippen molar-refractivity contribution in [1.29, 1.82) is 0 Å². The first-order valence-electron chi connectivity index (χ1n) is 17.6. The number of nitrogens with one attached hydrogen (secondary N) is 1. The van der Waals surface area contributed by atoms with Crippen molar-refractivity contribution < 1.29 is 18.8 Å². The number of benzene rings is 4. The van der Waals surface area contributed by atoms with Gasteiger partial charge in [-0.25, -0.2) is 4.79 Å². The largest absolute Gasteiger partial charge is 0.444 e. The number of quaternary nitrogens is 1. The van der Waals surface area contributed by atoms with Crippen LogP contribution in [0.2, 0.25) is 0 Å². The number of amides is 2. The van der Waals surface area contributed by atoms with E-state index in [1.807, 2.05) is 55.6 Å². The summed E-state index contributed by atoms with van der Waals surface area (Å²) in [5, 5.41) is 3.29. The lowest BCUT2D eigenvalue weighted by Gasteiger charge is -2.46. The predicted octanol–water partition coefficient (Wildman–Crippen LogP) is 8.26. The van der Waals surface area contributed by atoms with Gasteiger partial charge in [-0.2, -0.15) is 0 Å². The van der Waals surface area contributed by atoms with E-state index in [1.165, 1.54) is 16.7 Å². The quantitative estimate of drug-likeness (QED) is 0.108. The number of piperazine rings is 1. The maximum atomic E-state index is 13.8. The molecule has 1 unspecified atom stereocenters. The maximum Gasteiger partial charge on any atom is 0.408 e. The lowest BCUT2D eigenvalue weighted by molar-refractivity contribution is -0.924. The number of carbonyl (C=O) groups excluding carboxylic acids is 2. The lowest BCUT2D eigenvalue weighted by atomic mass is 9.84. The average molecular weight is 679 g/mol. The van der Waals surface area contributed by atoms with Crippen molar-refractivity contribution >= 4 is 23.8 Å². The van der Waals surface area contributed by atoms with Crippen LogP contribution in [0, 0.1) is 0 Å². The molecule has 0 spiro atoms. The maximum absolute atomic E-state index is 13.8. The van der Waals surface area contributed by atoms with Crippen LogP contribution in [-0.2, 0) is 20.8 Å². The van der Waals surface area contributed by atoms with Gasteiger partial charge in [-0.15, -0.1) is 11.8 Å². The Balaban J connectivity index is 1.49. The van der Waals surface area contributed by atoms with Gasteiger partial charge in [-0.1, -0.05) is 135 Å². The van der Waals surface area contributed by atoms with Crippen molar-refractivity contribution in [3.05, 3.63) is 144 Å². The molecule has 2 atom stereocenters. The second-order valence-corrected chi connectivity index (χ2v) is 15.5. The fraction of sp³-hybridized carbons (Fsp3) is 0.381. The number of thioether (sulfide) groups is 1. The molecule has 6 nitrogen and oxygen atoms in total. The molecule has 1 aliphatic heterocycles. The highest BCUT2D eigenvalue weighted by Gasteiger charge is 2.42. The van der Waals surface area contributed by atoms with Gasteiger partial charge in [0.2, 0.25) is 0 Å². The topological polar surface area (TPSA) is 58.6 Å². The Bertz CT molecular complexity index is 1520. The zero-order chi connectivity index (χ0) is 34.7. The summed E-state index contributed by atoms with van der Waals surface area (Å²) in [5.41, 5.74) is 4.04.